The average Bonchev–Trinajstić information content (AvgIpc) is 2.22. The van der Waals surface area contributed by atoms with Crippen molar-refractivity contribution < 1.29 is 5.11 Å². The second-order valence-electron chi connectivity index (χ2n) is 5.18. The van der Waals surface area contributed by atoms with Gasteiger partial charge >= 0.3 is 0 Å². The van der Waals surface area contributed by atoms with E-state index >= 15 is 0 Å². The first-order valence-corrected chi connectivity index (χ1v) is 6.86. The summed E-state index contributed by atoms with van der Waals surface area (Å²) in [7, 11) is 0. The predicted molar refractivity (Wildman–Crippen MR) is 87.5 cm³/mol. The minimum Gasteiger partial charge on any atom is -0.507 e. The average molecular weight is 385 g/mol. The van der Waals surface area contributed by atoms with Crippen molar-refractivity contribution in [3.05, 3.63) is 26.8 Å². The molecule has 0 aromatic heterocycles. The van der Waals surface area contributed by atoms with Gasteiger partial charge in [-0.3, -0.25) is 0 Å². The third kappa shape index (κ3) is 4.91. The number of rotatable bonds is 4. The highest BCUT2D eigenvalue weighted by Gasteiger charge is 2.17. The van der Waals surface area contributed by atoms with E-state index in [-0.39, 0.29) is 17.8 Å². The first-order valence-electron chi connectivity index (χ1n) is 5.79. The molecule has 0 bridgehead atoms. The van der Waals surface area contributed by atoms with Gasteiger partial charge in [0.15, 0.2) is 0 Å². The topological polar surface area (TPSA) is 58.3 Å². The first-order chi connectivity index (χ1) is 7.86. The summed E-state index contributed by atoms with van der Waals surface area (Å²) in [4.78, 5) is 0. The number of phenols is 1. The van der Waals surface area contributed by atoms with Crippen LogP contribution in [0.15, 0.2) is 12.1 Å². The van der Waals surface area contributed by atoms with Crippen molar-refractivity contribution in [2.45, 2.75) is 32.7 Å². The zero-order chi connectivity index (χ0) is 13.1. The smallest absolute Gasteiger partial charge is 0.133 e. The molecule has 0 unspecified atom stereocenters. The van der Waals surface area contributed by atoms with Crippen LogP contribution < -0.4 is 11.1 Å². The molecule has 0 radical (unpaired) electrons. The second kappa shape index (κ2) is 7.53. The maximum Gasteiger partial charge on any atom is 0.133 e. The predicted octanol–water partition coefficient (Wildman–Crippen LogP) is 2.76. The van der Waals surface area contributed by atoms with Gasteiger partial charge in [0.25, 0.3) is 0 Å². The van der Waals surface area contributed by atoms with Crippen LogP contribution in [0.2, 0.25) is 0 Å². The van der Waals surface area contributed by atoms with E-state index in [1.54, 1.807) is 0 Å². The fourth-order valence-electron chi connectivity index (χ4n) is 1.55. The lowest BCUT2D eigenvalue weighted by atomic mass is 9.86. The van der Waals surface area contributed by atoms with Crippen molar-refractivity contribution in [3.8, 4) is 5.75 Å². The van der Waals surface area contributed by atoms with Crippen LogP contribution in [0.1, 0.15) is 31.9 Å². The SMILES string of the molecule is CC(C)(C)c1cc(I)c(O)c(CNCCN)c1.Cl. The second-order valence-corrected chi connectivity index (χ2v) is 6.34. The fourth-order valence-corrected chi connectivity index (χ4v) is 2.23. The summed E-state index contributed by atoms with van der Waals surface area (Å²) in [5, 5.41) is 13.2. The Bertz CT molecular complexity index is 391. The number of hydrogen-bond donors (Lipinski definition) is 3. The highest BCUT2D eigenvalue weighted by atomic mass is 127. The largest absolute Gasteiger partial charge is 0.507 e. The van der Waals surface area contributed by atoms with E-state index < -0.39 is 0 Å². The number of nitrogens with two attached hydrogens (primary N) is 1. The molecular weight excluding hydrogens is 363 g/mol. The number of phenolic OH excluding ortho intramolecular Hbond substituents is 1. The van der Waals surface area contributed by atoms with E-state index in [9.17, 15) is 5.11 Å². The van der Waals surface area contributed by atoms with Crippen LogP contribution in [-0.2, 0) is 12.0 Å². The van der Waals surface area contributed by atoms with Crippen molar-refractivity contribution in [2.75, 3.05) is 13.1 Å². The molecule has 4 N–H and O–H groups in total. The number of hydrogen-bond acceptors (Lipinski definition) is 3. The standard InChI is InChI=1S/C13H21IN2O.ClH/c1-13(2,3)10-6-9(8-16-5-4-15)12(17)11(14)7-10;/h6-7,16-17H,4-5,8,15H2,1-3H3;1H. The summed E-state index contributed by atoms with van der Waals surface area (Å²) >= 11 is 2.17. The van der Waals surface area contributed by atoms with Gasteiger partial charge in [0.2, 0.25) is 0 Å². The summed E-state index contributed by atoms with van der Waals surface area (Å²) in [5.74, 6) is 0.378. The van der Waals surface area contributed by atoms with Gasteiger partial charge in [-0.1, -0.05) is 26.8 Å². The maximum atomic E-state index is 10.0. The van der Waals surface area contributed by atoms with E-state index in [2.05, 4.69) is 54.7 Å². The molecule has 0 aliphatic rings. The van der Waals surface area contributed by atoms with Crippen molar-refractivity contribution >= 4 is 35.0 Å². The summed E-state index contributed by atoms with van der Waals surface area (Å²) in [6.07, 6.45) is 0. The molecular formula is C13H22ClIN2O. The van der Waals surface area contributed by atoms with Crippen LogP contribution in [0.25, 0.3) is 0 Å². The molecule has 0 spiro atoms. The van der Waals surface area contributed by atoms with Crippen LogP contribution in [-0.4, -0.2) is 18.2 Å². The summed E-state index contributed by atoms with van der Waals surface area (Å²) in [5.41, 5.74) is 7.71. The Kier molecular flexibility index (Phi) is 7.51. The van der Waals surface area contributed by atoms with E-state index in [0.717, 1.165) is 15.7 Å². The summed E-state index contributed by atoms with van der Waals surface area (Å²) in [6.45, 7) is 8.54. The van der Waals surface area contributed by atoms with Gasteiger partial charge in [0, 0.05) is 25.2 Å². The number of nitrogens with one attached hydrogen (secondary N) is 1. The molecule has 0 amide bonds. The molecule has 0 saturated heterocycles. The molecule has 0 heterocycles. The normalized spacial score (nSPS) is 11.2. The van der Waals surface area contributed by atoms with Crippen molar-refractivity contribution in [3.63, 3.8) is 0 Å². The quantitative estimate of drug-likeness (QED) is 0.553. The lowest BCUT2D eigenvalue weighted by Crippen LogP contribution is -2.22. The van der Waals surface area contributed by atoms with Crippen molar-refractivity contribution in [1.29, 1.82) is 0 Å². The third-order valence-corrected chi connectivity index (χ3v) is 3.47. The molecule has 18 heavy (non-hydrogen) atoms. The molecule has 0 aliphatic carbocycles. The van der Waals surface area contributed by atoms with Gasteiger partial charge in [0.1, 0.15) is 5.75 Å². The number of benzene rings is 1. The van der Waals surface area contributed by atoms with E-state index in [1.165, 1.54) is 5.56 Å². The Morgan fingerprint density at radius 1 is 1.33 bits per heavy atom. The minimum atomic E-state index is 0. The molecule has 1 aromatic carbocycles. The Balaban J connectivity index is 0.00000289. The third-order valence-electron chi connectivity index (χ3n) is 2.64. The monoisotopic (exact) mass is 384 g/mol. The van der Waals surface area contributed by atoms with Crippen LogP contribution in [0.4, 0.5) is 0 Å². The molecule has 0 saturated carbocycles. The lowest BCUT2D eigenvalue weighted by molar-refractivity contribution is 0.459. The molecule has 5 heteroatoms. The van der Waals surface area contributed by atoms with Gasteiger partial charge in [-0.05, 0) is 39.6 Å². The van der Waals surface area contributed by atoms with Gasteiger partial charge in [-0.15, -0.1) is 12.4 Å². The van der Waals surface area contributed by atoms with Crippen molar-refractivity contribution in [1.82, 2.24) is 5.32 Å². The van der Waals surface area contributed by atoms with Crippen molar-refractivity contribution in [2.24, 2.45) is 5.73 Å². The van der Waals surface area contributed by atoms with Gasteiger partial charge in [-0.25, -0.2) is 0 Å². The molecule has 3 nitrogen and oxygen atoms in total. The number of aromatic hydroxyl groups is 1. The maximum absolute atomic E-state index is 10.0. The van der Waals surface area contributed by atoms with Gasteiger partial charge in [0.05, 0.1) is 3.57 Å². The number of halogens is 2. The fraction of sp³-hybridized carbons (Fsp3) is 0.538. The van der Waals surface area contributed by atoms with E-state index in [1.807, 2.05) is 6.07 Å². The minimum absolute atomic E-state index is 0. The molecule has 0 fully saturated rings. The lowest BCUT2D eigenvalue weighted by Gasteiger charge is -2.21. The Hall–Kier alpha value is -0.0400. The summed E-state index contributed by atoms with van der Waals surface area (Å²) < 4.78 is 0.902. The highest BCUT2D eigenvalue weighted by molar-refractivity contribution is 14.1. The highest BCUT2D eigenvalue weighted by Crippen LogP contribution is 2.31. The van der Waals surface area contributed by atoms with E-state index in [0.29, 0.717) is 18.8 Å². The Morgan fingerprint density at radius 2 is 1.94 bits per heavy atom. The summed E-state index contributed by atoms with van der Waals surface area (Å²) in [6, 6.07) is 4.11. The first kappa shape index (κ1) is 18.0. The van der Waals surface area contributed by atoms with Crippen LogP contribution in [0, 0.1) is 3.57 Å². The van der Waals surface area contributed by atoms with Crippen LogP contribution in [0.5, 0.6) is 5.75 Å². The molecule has 0 aliphatic heterocycles. The zero-order valence-corrected chi connectivity index (χ0v) is 14.1. The molecule has 104 valence electrons. The Morgan fingerprint density at radius 3 is 2.44 bits per heavy atom. The van der Waals surface area contributed by atoms with Crippen LogP contribution in [0.3, 0.4) is 0 Å². The molecule has 0 atom stereocenters. The zero-order valence-electron chi connectivity index (χ0n) is 11.1. The molecule has 1 aromatic rings. The van der Waals surface area contributed by atoms with Gasteiger partial charge in [-0.2, -0.15) is 0 Å². The van der Waals surface area contributed by atoms with Crippen LogP contribution >= 0.6 is 35.0 Å². The van der Waals surface area contributed by atoms with Gasteiger partial charge < -0.3 is 16.2 Å². The molecule has 1 rings (SSSR count). The Labute approximate surface area is 129 Å². The van der Waals surface area contributed by atoms with E-state index in [4.69, 9.17) is 5.73 Å².